The molecule has 1 aliphatic heterocycles. The van der Waals surface area contributed by atoms with E-state index < -0.39 is 0 Å². The van der Waals surface area contributed by atoms with Gasteiger partial charge in [0.2, 0.25) is 0 Å². The van der Waals surface area contributed by atoms with Crippen LogP contribution in [0.3, 0.4) is 0 Å². The molecule has 0 spiro atoms. The summed E-state index contributed by atoms with van der Waals surface area (Å²) in [6.45, 7) is 7.61. The molecule has 1 heterocycles. The van der Waals surface area contributed by atoms with E-state index in [-0.39, 0.29) is 0 Å². The molecule has 76 valence electrons. The number of hydrogen-bond donors (Lipinski definition) is 0. The van der Waals surface area contributed by atoms with Gasteiger partial charge in [-0.2, -0.15) is 0 Å². The van der Waals surface area contributed by atoms with Gasteiger partial charge in [0, 0.05) is 4.75 Å². The lowest BCUT2D eigenvalue weighted by atomic mass is 9.87. The van der Waals surface area contributed by atoms with Gasteiger partial charge in [0.1, 0.15) is 0 Å². The van der Waals surface area contributed by atoms with E-state index in [1.54, 1.807) is 6.08 Å². The maximum Gasteiger partial charge on any atom is 0.0773 e. The van der Waals surface area contributed by atoms with Gasteiger partial charge in [0.25, 0.3) is 0 Å². The van der Waals surface area contributed by atoms with Crippen LogP contribution in [0.2, 0.25) is 0 Å². The lowest BCUT2D eigenvalue weighted by Gasteiger charge is -2.32. The Labute approximate surface area is 87.3 Å². The topological polar surface area (TPSA) is 9.23 Å². The first-order valence-electron chi connectivity index (χ1n) is 4.88. The van der Waals surface area contributed by atoms with Crippen molar-refractivity contribution in [1.29, 1.82) is 0 Å². The number of allylic oxidation sites excluding steroid dienone is 1. The fourth-order valence-corrected chi connectivity index (χ4v) is 4.88. The molecule has 0 N–H and O–H groups in total. The molecule has 2 aliphatic rings. The largest absolute Gasteiger partial charge is 0.347 e. The van der Waals surface area contributed by atoms with Crippen molar-refractivity contribution in [3.63, 3.8) is 0 Å². The number of fused-ring (bicyclic) bond motifs is 1. The first-order valence-corrected chi connectivity index (χ1v) is 7.33. The minimum absolute atomic E-state index is 0.497. The predicted molar refractivity (Wildman–Crippen MR) is 63.5 cm³/mol. The number of hydrogen-bond acceptors (Lipinski definition) is 2. The van der Waals surface area contributed by atoms with Crippen LogP contribution >= 0.6 is 19.4 Å². The summed E-state index contributed by atoms with van der Waals surface area (Å²) in [5.41, 5.74) is 0. The summed E-state index contributed by atoms with van der Waals surface area (Å²) in [6.07, 6.45) is 7.80. The highest BCUT2D eigenvalue weighted by Gasteiger charge is 2.42. The Kier molecular flexibility index (Phi) is 4.78. The van der Waals surface area contributed by atoms with Crippen molar-refractivity contribution in [3.05, 3.63) is 12.7 Å². The molecule has 0 aromatic rings. The van der Waals surface area contributed by atoms with Gasteiger partial charge in [0.05, 0.1) is 14.1 Å². The molecule has 0 radical (unpaired) electrons. The molecule has 1 saturated heterocycles. The van der Waals surface area contributed by atoms with Crippen LogP contribution in [0.25, 0.3) is 0 Å². The lowest BCUT2D eigenvalue weighted by Crippen LogP contribution is -2.35. The van der Waals surface area contributed by atoms with Crippen LogP contribution in [0.1, 0.15) is 39.5 Å². The van der Waals surface area contributed by atoms with E-state index in [2.05, 4.69) is 13.5 Å². The summed E-state index contributed by atoms with van der Waals surface area (Å²) in [5.74, 6) is 0. The summed E-state index contributed by atoms with van der Waals surface area (Å²) in [5, 5.41) is 0. The van der Waals surface area contributed by atoms with Crippen molar-refractivity contribution in [2.45, 2.75) is 50.4 Å². The molecule has 2 rings (SSSR count). The molecule has 0 amide bonds. The molecule has 1 saturated carbocycles. The van der Waals surface area contributed by atoms with E-state index in [1.807, 2.05) is 18.3 Å². The summed E-state index contributed by atoms with van der Waals surface area (Å²) >= 11 is 2.03. The molecule has 3 unspecified atom stereocenters. The van der Waals surface area contributed by atoms with Crippen LogP contribution in [0, 0.1) is 0 Å². The molecule has 0 aromatic heterocycles. The lowest BCUT2D eigenvalue weighted by molar-refractivity contribution is 0.154. The van der Waals surface area contributed by atoms with E-state index >= 15 is 0 Å². The van der Waals surface area contributed by atoms with Crippen molar-refractivity contribution in [3.8, 4) is 0 Å². The monoisotopic (exact) mass is 218 g/mol. The standard InChI is InChI=1S/C7H13OPS.C3H6/c1-7-5-3-2-4-6(7)8-9-10-7;1-3-2/h6,9H,2-5H2,1H3;3H,1H2,2H3. The highest BCUT2D eigenvalue weighted by molar-refractivity contribution is 8.49. The second-order valence-corrected chi connectivity index (χ2v) is 6.41. The molecule has 0 bridgehead atoms. The summed E-state index contributed by atoms with van der Waals surface area (Å²) in [4.78, 5) is 0. The first kappa shape index (κ1) is 11.6. The molecule has 3 atom stereocenters. The van der Waals surface area contributed by atoms with Crippen LogP contribution in [0.4, 0.5) is 0 Å². The summed E-state index contributed by atoms with van der Waals surface area (Å²) < 4.78 is 6.15. The predicted octanol–water partition coefficient (Wildman–Crippen LogP) is 4.15. The van der Waals surface area contributed by atoms with Crippen molar-refractivity contribution < 1.29 is 4.52 Å². The van der Waals surface area contributed by atoms with Crippen molar-refractivity contribution in [2.24, 2.45) is 0 Å². The van der Waals surface area contributed by atoms with E-state index in [4.69, 9.17) is 4.52 Å². The second kappa shape index (κ2) is 5.38. The van der Waals surface area contributed by atoms with E-state index in [9.17, 15) is 0 Å². The van der Waals surface area contributed by atoms with Crippen molar-refractivity contribution in [2.75, 3.05) is 0 Å². The van der Waals surface area contributed by atoms with Gasteiger partial charge < -0.3 is 4.52 Å². The summed E-state index contributed by atoms with van der Waals surface area (Å²) in [6, 6.07) is 0. The molecular weight excluding hydrogens is 199 g/mol. The average Bonchev–Trinajstić information content (AvgIpc) is 2.47. The minimum Gasteiger partial charge on any atom is -0.347 e. The Hall–Kier alpha value is 0.480. The van der Waals surface area contributed by atoms with E-state index in [0.717, 1.165) is 0 Å². The third-order valence-electron chi connectivity index (χ3n) is 2.54. The molecule has 13 heavy (non-hydrogen) atoms. The molecular formula is C10H19OPS. The van der Waals surface area contributed by atoms with E-state index in [1.165, 1.54) is 25.7 Å². The molecule has 3 heteroatoms. The Morgan fingerprint density at radius 1 is 1.62 bits per heavy atom. The Bertz CT molecular complexity index is 174. The van der Waals surface area contributed by atoms with Gasteiger partial charge in [-0.1, -0.05) is 30.3 Å². The SMILES string of the molecule is C=CC.CC12CCCCC1OPS2. The minimum atomic E-state index is 0.497. The molecule has 1 aliphatic carbocycles. The van der Waals surface area contributed by atoms with Crippen LogP contribution < -0.4 is 0 Å². The van der Waals surface area contributed by atoms with Gasteiger partial charge >= 0.3 is 0 Å². The fourth-order valence-electron chi connectivity index (χ4n) is 1.75. The highest BCUT2D eigenvalue weighted by atomic mass is 32.7. The Balaban J connectivity index is 0.000000251. The normalized spacial score (nSPS) is 39.1. The number of rotatable bonds is 0. The maximum atomic E-state index is 5.65. The molecule has 0 aromatic carbocycles. The molecule has 2 fully saturated rings. The van der Waals surface area contributed by atoms with Crippen LogP contribution in [-0.2, 0) is 4.52 Å². The third kappa shape index (κ3) is 2.97. The highest BCUT2D eigenvalue weighted by Crippen LogP contribution is 2.58. The Morgan fingerprint density at radius 2 is 2.31 bits per heavy atom. The first-order chi connectivity index (χ1) is 6.23. The van der Waals surface area contributed by atoms with Crippen LogP contribution in [-0.4, -0.2) is 10.9 Å². The smallest absolute Gasteiger partial charge is 0.0773 e. The Morgan fingerprint density at radius 3 is 2.92 bits per heavy atom. The van der Waals surface area contributed by atoms with Crippen molar-refractivity contribution in [1.82, 2.24) is 0 Å². The van der Waals surface area contributed by atoms with Gasteiger partial charge in [-0.05, 0) is 26.7 Å². The molecule has 1 nitrogen and oxygen atoms in total. The summed E-state index contributed by atoms with van der Waals surface area (Å²) in [7, 11) is 0.711. The zero-order valence-corrected chi connectivity index (χ0v) is 10.3. The quantitative estimate of drug-likeness (QED) is 0.446. The van der Waals surface area contributed by atoms with Gasteiger partial charge in [-0.25, -0.2) is 0 Å². The maximum absolute atomic E-state index is 5.65. The van der Waals surface area contributed by atoms with Crippen LogP contribution in [0.15, 0.2) is 12.7 Å². The van der Waals surface area contributed by atoms with Crippen LogP contribution in [0.5, 0.6) is 0 Å². The van der Waals surface area contributed by atoms with Gasteiger partial charge in [-0.3, -0.25) is 0 Å². The van der Waals surface area contributed by atoms with Gasteiger partial charge in [0.15, 0.2) is 0 Å². The average molecular weight is 218 g/mol. The zero-order valence-electron chi connectivity index (χ0n) is 8.51. The second-order valence-electron chi connectivity index (χ2n) is 3.76. The third-order valence-corrected chi connectivity index (χ3v) is 5.87. The van der Waals surface area contributed by atoms with Gasteiger partial charge in [-0.15, -0.1) is 6.58 Å². The fraction of sp³-hybridized carbons (Fsp3) is 0.800. The van der Waals surface area contributed by atoms with E-state index in [0.29, 0.717) is 18.9 Å². The van der Waals surface area contributed by atoms with Crippen molar-refractivity contribution >= 4 is 19.4 Å². The zero-order chi connectivity index (χ0) is 9.73.